The van der Waals surface area contributed by atoms with Crippen LogP contribution in [0.25, 0.3) is 21.8 Å². The molecular formula is C35H43N9O5S3. The molecule has 14 nitrogen and oxygen atoms in total. The SMILES string of the molecule is COc1cc(N2CCN(CCS(C)(=O)=O)CC2)c(C)cc1Nc1nccc(-c2sc(C(C)C)nc2-c2cccc(NS(=O)(=O)c3cnn(C)c3)c2)n1. The van der Waals surface area contributed by atoms with E-state index in [4.69, 9.17) is 14.7 Å². The fourth-order valence-corrected chi connectivity index (χ4v) is 8.57. The smallest absolute Gasteiger partial charge is 0.265 e. The Labute approximate surface area is 308 Å². The zero-order valence-electron chi connectivity index (χ0n) is 30.0. The average molecular weight is 766 g/mol. The molecule has 0 spiro atoms. The van der Waals surface area contributed by atoms with E-state index in [9.17, 15) is 16.8 Å². The fourth-order valence-electron chi connectivity index (χ4n) is 5.89. The quantitative estimate of drug-likeness (QED) is 0.162. The minimum Gasteiger partial charge on any atom is -0.494 e. The number of methoxy groups -OCH3 is 1. The molecule has 0 bridgehead atoms. The molecule has 5 aromatic rings. The van der Waals surface area contributed by atoms with Gasteiger partial charge in [0.2, 0.25) is 5.95 Å². The summed E-state index contributed by atoms with van der Waals surface area (Å²) >= 11 is 1.54. The predicted octanol–water partition coefficient (Wildman–Crippen LogP) is 5.15. The number of hydrogen-bond donors (Lipinski definition) is 2. The van der Waals surface area contributed by atoms with Crippen molar-refractivity contribution in [2.24, 2.45) is 7.05 Å². The number of rotatable bonds is 13. The van der Waals surface area contributed by atoms with Crippen molar-refractivity contribution in [3.63, 3.8) is 0 Å². The van der Waals surface area contributed by atoms with Crippen LogP contribution in [0.1, 0.15) is 30.3 Å². The van der Waals surface area contributed by atoms with Crippen molar-refractivity contribution in [3.8, 4) is 27.6 Å². The lowest BCUT2D eigenvalue weighted by Crippen LogP contribution is -2.47. The molecule has 52 heavy (non-hydrogen) atoms. The number of ether oxygens (including phenoxy) is 1. The van der Waals surface area contributed by atoms with Gasteiger partial charge in [0.25, 0.3) is 10.0 Å². The van der Waals surface area contributed by atoms with Crippen LogP contribution < -0.4 is 19.7 Å². The van der Waals surface area contributed by atoms with Crippen molar-refractivity contribution in [2.75, 3.05) is 66.8 Å². The molecule has 1 aliphatic heterocycles. The number of nitrogens with one attached hydrogen (secondary N) is 2. The van der Waals surface area contributed by atoms with Crippen molar-refractivity contribution in [1.82, 2.24) is 29.6 Å². The third-order valence-corrected chi connectivity index (χ3v) is 12.3. The summed E-state index contributed by atoms with van der Waals surface area (Å²) in [4.78, 5) is 19.8. The lowest BCUT2D eigenvalue weighted by molar-refractivity contribution is 0.272. The predicted molar refractivity (Wildman–Crippen MR) is 206 cm³/mol. The molecule has 276 valence electrons. The molecule has 0 saturated carbocycles. The lowest BCUT2D eigenvalue weighted by Gasteiger charge is -2.37. The number of piperazine rings is 1. The number of anilines is 4. The molecule has 2 N–H and O–H groups in total. The maximum Gasteiger partial charge on any atom is 0.265 e. The van der Waals surface area contributed by atoms with E-state index in [2.05, 4.69) is 50.7 Å². The first-order chi connectivity index (χ1) is 24.7. The van der Waals surface area contributed by atoms with Crippen molar-refractivity contribution < 1.29 is 21.6 Å². The normalized spacial score (nSPS) is 14.2. The van der Waals surface area contributed by atoms with E-state index >= 15 is 0 Å². The zero-order valence-corrected chi connectivity index (χ0v) is 32.4. The molecule has 1 fully saturated rings. The molecule has 0 aliphatic carbocycles. The van der Waals surface area contributed by atoms with Gasteiger partial charge in [-0.15, -0.1) is 11.3 Å². The number of sulfone groups is 1. The summed E-state index contributed by atoms with van der Waals surface area (Å²) in [5.41, 5.74) is 5.32. The van der Waals surface area contributed by atoms with Gasteiger partial charge in [-0.1, -0.05) is 26.0 Å². The minimum atomic E-state index is -3.84. The Balaban J connectivity index is 1.24. The summed E-state index contributed by atoms with van der Waals surface area (Å²) in [7, 11) is -3.55. The number of nitrogens with zero attached hydrogens (tertiary/aromatic N) is 7. The van der Waals surface area contributed by atoms with Crippen LogP contribution in [0.15, 0.2) is 66.0 Å². The summed E-state index contributed by atoms with van der Waals surface area (Å²) < 4.78 is 59.2. The van der Waals surface area contributed by atoms with Crippen molar-refractivity contribution >= 4 is 54.2 Å². The van der Waals surface area contributed by atoms with Gasteiger partial charge in [-0.2, -0.15) is 5.10 Å². The number of aromatic nitrogens is 5. The molecule has 6 rings (SSSR count). The van der Waals surface area contributed by atoms with Crippen LogP contribution in [0.2, 0.25) is 0 Å². The first-order valence-electron chi connectivity index (χ1n) is 16.8. The van der Waals surface area contributed by atoms with E-state index in [0.29, 0.717) is 41.0 Å². The third-order valence-electron chi connectivity index (χ3n) is 8.66. The molecule has 0 radical (unpaired) electrons. The number of benzene rings is 2. The lowest BCUT2D eigenvalue weighted by atomic mass is 10.1. The largest absolute Gasteiger partial charge is 0.494 e. The number of hydrogen-bond acceptors (Lipinski definition) is 13. The van der Waals surface area contributed by atoms with Gasteiger partial charge in [0.05, 0.1) is 46.0 Å². The molecule has 2 aromatic carbocycles. The number of aryl methyl sites for hydroxylation is 2. The van der Waals surface area contributed by atoms with Gasteiger partial charge in [-0.25, -0.2) is 31.8 Å². The topological polar surface area (TPSA) is 165 Å². The van der Waals surface area contributed by atoms with E-state index in [1.54, 1.807) is 38.6 Å². The van der Waals surface area contributed by atoms with Crippen molar-refractivity contribution in [1.29, 1.82) is 0 Å². The van der Waals surface area contributed by atoms with E-state index in [1.807, 2.05) is 24.3 Å². The van der Waals surface area contributed by atoms with E-state index < -0.39 is 19.9 Å². The summed E-state index contributed by atoms with van der Waals surface area (Å²) in [5, 5.41) is 8.26. The summed E-state index contributed by atoms with van der Waals surface area (Å²) in [6.45, 7) is 9.86. The van der Waals surface area contributed by atoms with Crippen LogP contribution in [-0.2, 0) is 26.9 Å². The molecule has 3 aromatic heterocycles. The van der Waals surface area contributed by atoms with Crippen LogP contribution in [-0.4, -0.2) is 98.3 Å². The van der Waals surface area contributed by atoms with E-state index in [0.717, 1.165) is 52.9 Å². The van der Waals surface area contributed by atoms with Crippen LogP contribution in [0.3, 0.4) is 0 Å². The van der Waals surface area contributed by atoms with Crippen LogP contribution in [0.4, 0.5) is 23.0 Å². The van der Waals surface area contributed by atoms with Gasteiger partial charge in [-0.3, -0.25) is 14.3 Å². The maximum absolute atomic E-state index is 13.0. The van der Waals surface area contributed by atoms with Gasteiger partial charge in [0.1, 0.15) is 20.5 Å². The standard InChI is InChI=1S/C35H43N9O5S3/c1-23(2)34-40-32(25-8-7-9-26(19-25)41-52(47,48)27-21-37-42(4)22-27)33(50-34)28-10-11-36-35(38-28)39-29-18-24(3)30(20-31(29)49-5)44-14-12-43(13-15-44)16-17-51(6,45)46/h7-11,18-23,41H,12-17H2,1-6H3,(H,36,38,39). The second-order valence-electron chi connectivity index (χ2n) is 13.1. The molecule has 1 saturated heterocycles. The Morgan fingerprint density at radius 2 is 1.79 bits per heavy atom. The van der Waals surface area contributed by atoms with E-state index in [1.165, 1.54) is 34.7 Å². The molecule has 17 heteroatoms. The molecular weight excluding hydrogens is 723 g/mol. The molecule has 0 unspecified atom stereocenters. The minimum absolute atomic E-state index is 0.0705. The van der Waals surface area contributed by atoms with Gasteiger partial charge in [0, 0.05) is 87.3 Å². The summed E-state index contributed by atoms with van der Waals surface area (Å²) in [6, 6.07) is 13.0. The van der Waals surface area contributed by atoms with Crippen LogP contribution in [0.5, 0.6) is 5.75 Å². The molecule has 4 heterocycles. The van der Waals surface area contributed by atoms with Crippen LogP contribution in [0, 0.1) is 6.92 Å². The third kappa shape index (κ3) is 8.71. The Bertz CT molecular complexity index is 2280. The highest BCUT2D eigenvalue weighted by Crippen LogP contribution is 2.40. The molecule has 1 aliphatic rings. The highest BCUT2D eigenvalue weighted by Gasteiger charge is 2.23. The van der Waals surface area contributed by atoms with Gasteiger partial charge >= 0.3 is 0 Å². The van der Waals surface area contributed by atoms with Gasteiger partial charge in [0.15, 0.2) is 0 Å². The first kappa shape index (κ1) is 37.2. The highest BCUT2D eigenvalue weighted by atomic mass is 32.2. The molecule has 0 amide bonds. The second kappa shape index (κ2) is 15.2. The Hall–Kier alpha value is -4.58. The Kier molecular flexibility index (Phi) is 10.9. The van der Waals surface area contributed by atoms with Crippen LogP contribution >= 0.6 is 11.3 Å². The number of thiazole rings is 1. The van der Waals surface area contributed by atoms with Gasteiger partial charge < -0.3 is 15.0 Å². The van der Waals surface area contributed by atoms with Crippen molar-refractivity contribution in [3.05, 3.63) is 71.6 Å². The average Bonchev–Trinajstić information content (AvgIpc) is 3.76. The first-order valence-corrected chi connectivity index (χ1v) is 21.1. The van der Waals surface area contributed by atoms with Gasteiger partial charge in [-0.05, 0) is 36.8 Å². The monoisotopic (exact) mass is 765 g/mol. The van der Waals surface area contributed by atoms with E-state index in [-0.39, 0.29) is 16.6 Å². The Morgan fingerprint density at radius 1 is 1.02 bits per heavy atom. The second-order valence-corrected chi connectivity index (χ2v) is 18.1. The summed E-state index contributed by atoms with van der Waals surface area (Å²) in [5.74, 6) is 1.34. The fraction of sp³-hybridized carbons (Fsp3) is 0.371. The summed E-state index contributed by atoms with van der Waals surface area (Å²) in [6.07, 6.45) is 5.72. The Morgan fingerprint density at radius 3 is 2.46 bits per heavy atom. The highest BCUT2D eigenvalue weighted by molar-refractivity contribution is 7.92. The number of sulfonamides is 1. The van der Waals surface area contributed by atoms with Crippen molar-refractivity contribution in [2.45, 2.75) is 31.6 Å². The zero-order chi connectivity index (χ0) is 37.2. The maximum atomic E-state index is 13.0. The molecule has 0 atom stereocenters.